The molecule has 2 aromatic carbocycles. The summed E-state index contributed by atoms with van der Waals surface area (Å²) in [6, 6.07) is 14.6. The van der Waals surface area contributed by atoms with Crippen molar-refractivity contribution in [3.8, 4) is 11.5 Å². The Morgan fingerprint density at radius 2 is 1.70 bits per heavy atom. The van der Waals surface area contributed by atoms with Crippen molar-refractivity contribution in [2.24, 2.45) is 0 Å². The van der Waals surface area contributed by atoms with Crippen LogP contribution in [0.15, 0.2) is 72.8 Å². The molecule has 0 saturated carbocycles. The number of anilines is 1. The molecule has 2 aliphatic rings. The maximum Gasteiger partial charge on any atom is 0.332 e. The molecule has 6 heteroatoms. The fourth-order valence-electron chi connectivity index (χ4n) is 4.64. The summed E-state index contributed by atoms with van der Waals surface area (Å²) in [6.45, 7) is 6.73. The molecule has 0 radical (unpaired) electrons. The lowest BCUT2D eigenvalue weighted by Crippen LogP contribution is -2.43. The van der Waals surface area contributed by atoms with E-state index in [1.165, 1.54) is 24.2 Å². The van der Waals surface area contributed by atoms with Gasteiger partial charge in [0.1, 0.15) is 23.1 Å². The van der Waals surface area contributed by atoms with Gasteiger partial charge in [-0.05, 0) is 56.7 Å². The zero-order valence-corrected chi connectivity index (χ0v) is 22.2. The average molecular weight is 503 g/mol. The molecule has 1 aliphatic carbocycles. The summed E-state index contributed by atoms with van der Waals surface area (Å²) in [6.07, 6.45) is 14.7. The second-order valence-electron chi connectivity index (χ2n) is 10.1. The van der Waals surface area contributed by atoms with E-state index < -0.39 is 5.54 Å². The summed E-state index contributed by atoms with van der Waals surface area (Å²) in [5, 5.41) is 0. The van der Waals surface area contributed by atoms with E-state index in [4.69, 9.17) is 9.47 Å². The van der Waals surface area contributed by atoms with Crippen molar-refractivity contribution in [3.63, 3.8) is 0 Å². The van der Waals surface area contributed by atoms with Gasteiger partial charge in [0.25, 0.3) is 5.91 Å². The standard InChI is InChI=1S/C31H38N2O4/c1-4-5-6-7-13-22-36-26-20-18-25(19-21-26)33-29(34)31(2,3)32(30(33)35)23-24-14-11-12-17-28(24)37-27-15-9-8-10-16-27/h8-12,14-15,17-21,27H,4-7,13,16,22-23H2,1-3H3. The van der Waals surface area contributed by atoms with E-state index in [1.54, 1.807) is 30.9 Å². The lowest BCUT2D eigenvalue weighted by Gasteiger charge is -2.29. The third kappa shape index (κ3) is 6.24. The van der Waals surface area contributed by atoms with Crippen LogP contribution in [0, 0.1) is 0 Å². The molecule has 0 aromatic heterocycles. The van der Waals surface area contributed by atoms with Crippen LogP contribution in [0.2, 0.25) is 0 Å². The molecule has 0 bridgehead atoms. The van der Waals surface area contributed by atoms with Crippen LogP contribution in [0.4, 0.5) is 10.5 Å². The van der Waals surface area contributed by atoms with E-state index in [0.717, 1.165) is 36.3 Å². The van der Waals surface area contributed by atoms with Gasteiger partial charge in [0.05, 0.1) is 18.8 Å². The van der Waals surface area contributed by atoms with E-state index in [1.807, 2.05) is 54.6 Å². The van der Waals surface area contributed by atoms with Gasteiger partial charge in [-0.15, -0.1) is 0 Å². The van der Waals surface area contributed by atoms with Crippen LogP contribution in [0.5, 0.6) is 11.5 Å². The molecule has 1 fully saturated rings. The predicted molar refractivity (Wildman–Crippen MR) is 147 cm³/mol. The van der Waals surface area contributed by atoms with Gasteiger partial charge in [-0.1, -0.05) is 69.0 Å². The third-order valence-corrected chi connectivity index (χ3v) is 6.96. The van der Waals surface area contributed by atoms with Gasteiger partial charge in [0.15, 0.2) is 0 Å². The highest BCUT2D eigenvalue weighted by Crippen LogP contribution is 2.35. The molecule has 0 N–H and O–H groups in total. The lowest BCUT2D eigenvalue weighted by atomic mass is 10.0. The second-order valence-corrected chi connectivity index (χ2v) is 10.1. The maximum atomic E-state index is 13.6. The number of amides is 3. The molecule has 1 aliphatic heterocycles. The Balaban J connectivity index is 1.43. The zero-order valence-electron chi connectivity index (χ0n) is 22.2. The molecule has 1 unspecified atom stereocenters. The molecule has 1 heterocycles. The van der Waals surface area contributed by atoms with Crippen molar-refractivity contribution in [1.29, 1.82) is 0 Å². The summed E-state index contributed by atoms with van der Waals surface area (Å²) in [4.78, 5) is 29.9. The lowest BCUT2D eigenvalue weighted by molar-refractivity contribution is -0.123. The maximum absolute atomic E-state index is 13.6. The number of benzene rings is 2. The van der Waals surface area contributed by atoms with Gasteiger partial charge >= 0.3 is 6.03 Å². The number of urea groups is 1. The van der Waals surface area contributed by atoms with Crippen molar-refractivity contribution in [2.75, 3.05) is 11.5 Å². The topological polar surface area (TPSA) is 59.1 Å². The molecular formula is C31H38N2O4. The summed E-state index contributed by atoms with van der Waals surface area (Å²) in [5.41, 5.74) is 0.416. The molecule has 2 aromatic rings. The number of hydrogen-bond donors (Lipinski definition) is 0. The fourth-order valence-corrected chi connectivity index (χ4v) is 4.64. The number of para-hydroxylation sites is 1. The monoisotopic (exact) mass is 502 g/mol. The fraction of sp³-hybridized carbons (Fsp3) is 0.419. The molecular weight excluding hydrogens is 464 g/mol. The van der Waals surface area contributed by atoms with E-state index in [2.05, 4.69) is 13.0 Å². The number of unbranched alkanes of at least 4 members (excludes halogenated alkanes) is 4. The van der Waals surface area contributed by atoms with Gasteiger partial charge in [0.2, 0.25) is 0 Å². The third-order valence-electron chi connectivity index (χ3n) is 6.96. The molecule has 4 rings (SSSR count). The highest BCUT2D eigenvalue weighted by Gasteiger charge is 2.51. The minimum atomic E-state index is -0.995. The van der Waals surface area contributed by atoms with Crippen LogP contribution >= 0.6 is 0 Å². The number of carbonyl (C=O) groups excluding carboxylic acids is 2. The van der Waals surface area contributed by atoms with Crippen LogP contribution in [0.25, 0.3) is 0 Å². The van der Waals surface area contributed by atoms with Gasteiger partial charge in [0, 0.05) is 12.0 Å². The number of nitrogens with zero attached hydrogens (tertiary/aromatic N) is 2. The van der Waals surface area contributed by atoms with Crippen molar-refractivity contribution in [1.82, 2.24) is 4.90 Å². The number of rotatable bonds is 12. The van der Waals surface area contributed by atoms with E-state index >= 15 is 0 Å². The van der Waals surface area contributed by atoms with Gasteiger partial charge in [-0.2, -0.15) is 0 Å². The van der Waals surface area contributed by atoms with Gasteiger partial charge in [-0.25, -0.2) is 9.69 Å². The molecule has 0 spiro atoms. The van der Waals surface area contributed by atoms with E-state index in [9.17, 15) is 9.59 Å². The zero-order chi connectivity index (χ0) is 26.3. The number of ether oxygens (including phenoxy) is 2. The minimum Gasteiger partial charge on any atom is -0.494 e. The highest BCUT2D eigenvalue weighted by atomic mass is 16.5. The Bertz CT molecular complexity index is 1140. The normalized spacial score (nSPS) is 18.5. The Morgan fingerprint density at radius 3 is 2.43 bits per heavy atom. The van der Waals surface area contributed by atoms with Crippen molar-refractivity contribution in [3.05, 3.63) is 78.4 Å². The SMILES string of the molecule is CCCCCCCOc1ccc(N2C(=O)N(Cc3ccccc3OC3C=CC=CC3)C(C)(C)C2=O)cc1. The Labute approximate surface area is 220 Å². The first-order chi connectivity index (χ1) is 17.9. The summed E-state index contributed by atoms with van der Waals surface area (Å²) >= 11 is 0. The first-order valence-corrected chi connectivity index (χ1v) is 13.4. The molecule has 196 valence electrons. The molecule has 1 atom stereocenters. The number of allylic oxidation sites excluding steroid dienone is 2. The minimum absolute atomic E-state index is 0.0522. The summed E-state index contributed by atoms with van der Waals surface area (Å²) in [5.74, 6) is 1.21. The highest BCUT2D eigenvalue weighted by molar-refractivity contribution is 6.22. The van der Waals surface area contributed by atoms with Crippen LogP contribution in [0.1, 0.15) is 64.9 Å². The molecule has 6 nitrogen and oxygen atoms in total. The average Bonchev–Trinajstić information content (AvgIpc) is 3.07. The second kappa shape index (κ2) is 12.1. The Hall–Kier alpha value is -3.54. The van der Waals surface area contributed by atoms with Crippen molar-refractivity contribution in [2.45, 2.75) is 77.5 Å². The van der Waals surface area contributed by atoms with E-state index in [0.29, 0.717) is 12.3 Å². The first-order valence-electron chi connectivity index (χ1n) is 13.4. The van der Waals surface area contributed by atoms with Crippen LogP contribution in [-0.2, 0) is 11.3 Å². The van der Waals surface area contributed by atoms with E-state index in [-0.39, 0.29) is 24.6 Å². The number of carbonyl (C=O) groups is 2. The quantitative estimate of drug-likeness (QED) is 0.231. The number of hydrogen-bond acceptors (Lipinski definition) is 4. The summed E-state index contributed by atoms with van der Waals surface area (Å²) in [7, 11) is 0. The molecule has 1 saturated heterocycles. The van der Waals surface area contributed by atoms with Crippen molar-refractivity contribution < 1.29 is 19.1 Å². The molecule has 3 amide bonds. The Kier molecular flexibility index (Phi) is 8.70. The summed E-state index contributed by atoms with van der Waals surface area (Å²) < 4.78 is 12.1. The smallest absolute Gasteiger partial charge is 0.332 e. The van der Waals surface area contributed by atoms with Crippen LogP contribution < -0.4 is 14.4 Å². The first kappa shape index (κ1) is 26.5. The van der Waals surface area contributed by atoms with Crippen LogP contribution in [0.3, 0.4) is 0 Å². The van der Waals surface area contributed by atoms with Crippen molar-refractivity contribution >= 4 is 17.6 Å². The van der Waals surface area contributed by atoms with Gasteiger partial charge < -0.3 is 14.4 Å². The van der Waals surface area contributed by atoms with Crippen LogP contribution in [-0.4, -0.2) is 35.1 Å². The molecule has 37 heavy (non-hydrogen) atoms. The number of imide groups is 1. The Morgan fingerprint density at radius 1 is 0.946 bits per heavy atom. The largest absolute Gasteiger partial charge is 0.494 e. The predicted octanol–water partition coefficient (Wildman–Crippen LogP) is 7.05. The van der Waals surface area contributed by atoms with Gasteiger partial charge in [-0.3, -0.25) is 4.79 Å².